The van der Waals surface area contributed by atoms with Crippen molar-refractivity contribution in [3.05, 3.63) is 66.3 Å². The number of benzene rings is 1. The van der Waals surface area contributed by atoms with Gasteiger partial charge in [0.1, 0.15) is 12.0 Å². The number of hydrogen-bond donors (Lipinski definition) is 3. The van der Waals surface area contributed by atoms with Gasteiger partial charge in [0.2, 0.25) is 0 Å². The predicted molar refractivity (Wildman–Crippen MR) is 125 cm³/mol. The zero-order valence-electron chi connectivity index (χ0n) is 18.8. The molecule has 0 unspecified atom stereocenters. The lowest BCUT2D eigenvalue weighted by molar-refractivity contribution is 0.0952. The quantitative estimate of drug-likeness (QED) is 0.381. The summed E-state index contributed by atoms with van der Waals surface area (Å²) < 4.78 is 9.83. The van der Waals surface area contributed by atoms with Crippen LogP contribution in [0.1, 0.15) is 49.0 Å². The van der Waals surface area contributed by atoms with Gasteiger partial charge in [-0.25, -0.2) is 14.8 Å². The average Bonchev–Trinajstić information content (AvgIpc) is 3.33. The summed E-state index contributed by atoms with van der Waals surface area (Å²) in [5.41, 5.74) is 2.18. The Labute approximate surface area is 193 Å². The van der Waals surface area contributed by atoms with Gasteiger partial charge in [0.15, 0.2) is 6.39 Å². The smallest absolute Gasteiger partial charge is 0.413 e. The van der Waals surface area contributed by atoms with E-state index in [0.717, 1.165) is 30.5 Å². The molecule has 2 amide bonds. The van der Waals surface area contributed by atoms with Gasteiger partial charge in [0.25, 0.3) is 5.91 Å². The number of carbonyl (C=O) groups is 2. The van der Waals surface area contributed by atoms with E-state index in [9.17, 15) is 9.59 Å². The molecule has 0 aliphatic carbocycles. The molecule has 33 heavy (non-hydrogen) atoms. The maximum atomic E-state index is 12.7. The van der Waals surface area contributed by atoms with Crippen LogP contribution in [0.15, 0.2) is 59.6 Å². The van der Waals surface area contributed by atoms with Crippen molar-refractivity contribution < 1.29 is 18.7 Å². The third-order valence-electron chi connectivity index (χ3n) is 5.30. The normalized spacial score (nSPS) is 10.6. The minimum absolute atomic E-state index is 0.0138. The number of pyridine rings is 1. The lowest BCUT2D eigenvalue weighted by Crippen LogP contribution is -2.26. The number of nitrogens with zero attached hydrogens (tertiary/aromatic N) is 2. The predicted octanol–water partition coefficient (Wildman–Crippen LogP) is 4.85. The van der Waals surface area contributed by atoms with Crippen LogP contribution < -0.4 is 20.7 Å². The first-order chi connectivity index (χ1) is 16.1. The minimum atomic E-state index is -0.736. The largest absolute Gasteiger partial charge is 0.420 e. The molecule has 3 rings (SSSR count). The Morgan fingerprint density at radius 3 is 2.73 bits per heavy atom. The molecule has 0 spiro atoms. The number of rotatable bonds is 11. The number of oxazole rings is 1. The van der Waals surface area contributed by atoms with Crippen molar-refractivity contribution in [2.24, 2.45) is 5.92 Å². The third kappa shape index (κ3) is 7.34. The molecule has 0 aliphatic heterocycles. The highest BCUT2D eigenvalue weighted by Crippen LogP contribution is 2.18. The summed E-state index contributed by atoms with van der Waals surface area (Å²) in [6, 6.07) is 10.9. The van der Waals surface area contributed by atoms with E-state index in [-0.39, 0.29) is 11.9 Å². The van der Waals surface area contributed by atoms with Gasteiger partial charge in [0, 0.05) is 25.0 Å². The average molecular weight is 452 g/mol. The molecule has 0 bridgehead atoms. The second-order valence-electron chi connectivity index (χ2n) is 7.51. The Balaban J connectivity index is 1.56. The monoisotopic (exact) mass is 451 g/mol. The van der Waals surface area contributed by atoms with Crippen molar-refractivity contribution in [1.29, 1.82) is 0 Å². The summed E-state index contributed by atoms with van der Waals surface area (Å²) >= 11 is 0. The number of amides is 2. The Morgan fingerprint density at radius 1 is 1.15 bits per heavy atom. The molecule has 9 heteroatoms. The van der Waals surface area contributed by atoms with Gasteiger partial charge >= 0.3 is 12.0 Å². The van der Waals surface area contributed by atoms with E-state index >= 15 is 0 Å². The molecule has 0 radical (unpaired) electrons. The summed E-state index contributed by atoms with van der Waals surface area (Å²) in [4.78, 5) is 32.4. The van der Waals surface area contributed by atoms with Gasteiger partial charge in [-0.15, -0.1) is 0 Å². The number of hydrogen-bond acceptors (Lipinski definition) is 7. The van der Waals surface area contributed by atoms with Crippen LogP contribution in [0.4, 0.5) is 16.3 Å². The molecule has 2 aromatic heterocycles. The lowest BCUT2D eigenvalue weighted by atomic mass is 9.99. The summed E-state index contributed by atoms with van der Waals surface area (Å²) in [5.74, 6) is 0.837. The van der Waals surface area contributed by atoms with E-state index in [1.807, 2.05) is 24.3 Å². The van der Waals surface area contributed by atoms with Crippen molar-refractivity contribution in [3.63, 3.8) is 0 Å². The summed E-state index contributed by atoms with van der Waals surface area (Å²) in [6.45, 7) is 5.44. The molecule has 0 saturated carbocycles. The van der Waals surface area contributed by atoms with Crippen molar-refractivity contribution in [2.45, 2.75) is 39.7 Å². The summed E-state index contributed by atoms with van der Waals surface area (Å²) in [7, 11) is 0. The molecule has 3 N–H and O–H groups in total. The molecule has 9 nitrogen and oxygen atoms in total. The molecule has 0 fully saturated rings. The van der Waals surface area contributed by atoms with Crippen LogP contribution in [0.25, 0.3) is 0 Å². The van der Waals surface area contributed by atoms with Crippen LogP contribution in [0.3, 0.4) is 0 Å². The van der Waals surface area contributed by atoms with E-state index < -0.39 is 6.09 Å². The van der Waals surface area contributed by atoms with Gasteiger partial charge < -0.3 is 19.8 Å². The van der Waals surface area contributed by atoms with Crippen molar-refractivity contribution in [3.8, 4) is 5.95 Å². The summed E-state index contributed by atoms with van der Waals surface area (Å²) in [5, 5.41) is 8.85. The lowest BCUT2D eigenvalue weighted by Gasteiger charge is -2.15. The van der Waals surface area contributed by atoms with E-state index in [4.69, 9.17) is 9.15 Å². The fourth-order valence-electron chi connectivity index (χ4n) is 3.34. The first-order valence-electron chi connectivity index (χ1n) is 11.0. The Kier molecular flexibility index (Phi) is 8.81. The first kappa shape index (κ1) is 23.8. The molecule has 0 saturated heterocycles. The number of anilines is 2. The second kappa shape index (κ2) is 12.2. The topological polar surface area (TPSA) is 118 Å². The first-order valence-corrected chi connectivity index (χ1v) is 11.0. The van der Waals surface area contributed by atoms with Gasteiger partial charge in [0.05, 0.1) is 5.56 Å². The molecule has 0 aliphatic rings. The number of ether oxygens (including phenoxy) is 1. The Hall–Kier alpha value is -3.88. The van der Waals surface area contributed by atoms with Crippen LogP contribution in [-0.4, -0.2) is 28.5 Å². The van der Waals surface area contributed by atoms with Crippen LogP contribution in [-0.2, 0) is 6.54 Å². The maximum absolute atomic E-state index is 12.7. The third-order valence-corrected chi connectivity index (χ3v) is 5.30. The highest BCUT2D eigenvalue weighted by atomic mass is 16.6. The van der Waals surface area contributed by atoms with E-state index in [0.29, 0.717) is 30.4 Å². The minimum Gasteiger partial charge on any atom is -0.413 e. The van der Waals surface area contributed by atoms with Crippen molar-refractivity contribution >= 4 is 23.5 Å². The van der Waals surface area contributed by atoms with Crippen LogP contribution >= 0.6 is 0 Å². The second-order valence-corrected chi connectivity index (χ2v) is 7.51. The van der Waals surface area contributed by atoms with Gasteiger partial charge in [-0.2, -0.15) is 0 Å². The van der Waals surface area contributed by atoms with Crippen molar-refractivity contribution in [2.75, 3.05) is 17.2 Å². The number of carbonyl (C=O) groups excluding carboxylic acids is 2. The summed E-state index contributed by atoms with van der Waals surface area (Å²) in [6.07, 6.45) is 6.50. The molecule has 3 aromatic rings. The molecular weight excluding hydrogens is 422 g/mol. The SMILES string of the molecule is CCC(CC)CCNC(=O)c1ccccc1NCc1ccnc(NC(=O)Oc2cnco2)c1. The molecule has 1 aromatic carbocycles. The molecular formula is C24H29N5O4. The molecule has 174 valence electrons. The fraction of sp³-hybridized carbons (Fsp3) is 0.333. The zero-order chi connectivity index (χ0) is 23.5. The fourth-order valence-corrected chi connectivity index (χ4v) is 3.34. The van der Waals surface area contributed by atoms with Crippen LogP contribution in [0.5, 0.6) is 5.95 Å². The maximum Gasteiger partial charge on any atom is 0.420 e. The van der Waals surface area contributed by atoms with E-state index in [2.05, 4.69) is 39.8 Å². The number of aromatic nitrogens is 2. The molecule has 0 atom stereocenters. The number of nitrogens with one attached hydrogen (secondary N) is 3. The zero-order valence-corrected chi connectivity index (χ0v) is 18.8. The highest BCUT2D eigenvalue weighted by Gasteiger charge is 2.12. The highest BCUT2D eigenvalue weighted by molar-refractivity contribution is 5.99. The van der Waals surface area contributed by atoms with Gasteiger partial charge in [-0.3, -0.25) is 10.1 Å². The Morgan fingerprint density at radius 2 is 1.97 bits per heavy atom. The standard InChI is InChI=1S/C24H29N5O4/c1-3-17(4-2)9-12-27-23(30)19-7-5-6-8-20(19)28-14-18-10-11-26-21(13-18)29-24(31)33-22-15-25-16-32-22/h5-8,10-11,13,15-17,28H,3-4,9,12,14H2,1-2H3,(H,27,30)(H,26,29,31). The van der Waals surface area contributed by atoms with Crippen molar-refractivity contribution in [1.82, 2.24) is 15.3 Å². The van der Waals surface area contributed by atoms with E-state index in [1.165, 1.54) is 12.6 Å². The van der Waals surface area contributed by atoms with E-state index in [1.54, 1.807) is 18.3 Å². The van der Waals surface area contributed by atoms with Crippen LogP contribution in [0.2, 0.25) is 0 Å². The Bertz CT molecular complexity index is 1030. The van der Waals surface area contributed by atoms with Gasteiger partial charge in [-0.1, -0.05) is 38.8 Å². The van der Waals surface area contributed by atoms with Gasteiger partial charge in [-0.05, 0) is 42.2 Å². The number of para-hydroxylation sites is 1. The van der Waals surface area contributed by atoms with Crippen LogP contribution in [0, 0.1) is 5.92 Å². The molecule has 2 heterocycles.